The fourth-order valence-electron chi connectivity index (χ4n) is 0. The van der Waals surface area contributed by atoms with E-state index in [1.54, 1.807) is 0 Å². The minimum Gasteiger partial charge on any atom is -0.358 e. The van der Waals surface area contributed by atoms with Crippen LogP contribution in [0.5, 0.6) is 0 Å². The molecular formula is C2H5BrY-2. The molecule has 0 atom stereocenters. The molecule has 2 heteroatoms. The van der Waals surface area contributed by atoms with E-state index in [-0.39, 0.29) is 40.1 Å². The van der Waals surface area contributed by atoms with Crippen LogP contribution in [0.1, 0.15) is 0 Å². The summed E-state index contributed by atoms with van der Waals surface area (Å²) in [7, 11) is 0. The Morgan fingerprint density at radius 3 is 1.25 bits per heavy atom. The van der Waals surface area contributed by atoms with E-state index in [0.717, 1.165) is 0 Å². The molecule has 25 valence electrons. The van der Waals surface area contributed by atoms with E-state index in [2.05, 4.69) is 21.8 Å². The first-order valence-corrected chi connectivity index (χ1v) is 1.39. The van der Waals surface area contributed by atoms with Gasteiger partial charge in [0.25, 0.3) is 0 Å². The van der Waals surface area contributed by atoms with E-state index >= 15 is 0 Å². The van der Waals surface area contributed by atoms with Gasteiger partial charge in [-0.15, -0.1) is 0 Å². The van der Waals surface area contributed by atoms with Crippen molar-refractivity contribution in [1.29, 1.82) is 0 Å². The normalized spacial score (nSPS) is 1.50. The predicted molar refractivity (Wildman–Crippen MR) is 20.7 cm³/mol. The summed E-state index contributed by atoms with van der Waals surface area (Å²) in [5.74, 6) is 3.06. The summed E-state index contributed by atoms with van der Waals surface area (Å²) in [5, 5.41) is 0. The number of hydrogen-bond acceptors (Lipinski definition) is 0. The maximum atomic E-state index is 3.06. The molecule has 4 heavy (non-hydrogen) atoms. The van der Waals surface area contributed by atoms with Gasteiger partial charge in [-0.3, -0.25) is 5.83 Å². The van der Waals surface area contributed by atoms with E-state index in [1.165, 1.54) is 0 Å². The van der Waals surface area contributed by atoms with Crippen LogP contribution < -0.4 is 0 Å². The smallest absolute Gasteiger partial charge is 0 e. The number of rotatable bonds is 0. The Labute approximate surface area is 61.4 Å². The summed E-state index contributed by atoms with van der Waals surface area (Å²) in [6.45, 7) is 0. The van der Waals surface area contributed by atoms with Crippen molar-refractivity contribution in [2.24, 2.45) is 0 Å². The standard InChI is InChI=1S/CH2Br.CH3.Y/c1-2;;/h1H2;1H3;/q2*-1;. The van der Waals surface area contributed by atoms with Crippen molar-refractivity contribution in [3.8, 4) is 0 Å². The molecule has 0 unspecified atom stereocenters. The zero-order valence-electron chi connectivity index (χ0n) is 2.66. The molecule has 0 nitrogen and oxygen atoms in total. The molecule has 0 aliphatic rings. The second kappa shape index (κ2) is 23.5. The van der Waals surface area contributed by atoms with Crippen molar-refractivity contribution >= 4 is 15.9 Å². The Bertz CT molecular complexity index is 6.00. The number of hydrogen-bond donors (Lipinski definition) is 0. The second-order valence-electron chi connectivity index (χ2n) is 0. The van der Waals surface area contributed by atoms with Crippen molar-refractivity contribution in [2.75, 3.05) is 0 Å². The van der Waals surface area contributed by atoms with Crippen LogP contribution in [0.3, 0.4) is 0 Å². The van der Waals surface area contributed by atoms with Crippen molar-refractivity contribution in [3.63, 3.8) is 0 Å². The summed E-state index contributed by atoms with van der Waals surface area (Å²) in [6, 6.07) is 0. The maximum Gasteiger partial charge on any atom is 0 e. The number of halogens is 1. The molecule has 0 amide bonds. The molecule has 0 spiro atoms. The van der Waals surface area contributed by atoms with Gasteiger partial charge in [0, 0.05) is 32.7 Å². The Hall–Kier alpha value is 1.58. The van der Waals surface area contributed by atoms with Crippen molar-refractivity contribution in [1.82, 2.24) is 0 Å². The molecule has 0 aliphatic carbocycles. The first kappa shape index (κ1) is 17.6. The van der Waals surface area contributed by atoms with Gasteiger partial charge in [0.15, 0.2) is 0 Å². The quantitative estimate of drug-likeness (QED) is 0.518. The van der Waals surface area contributed by atoms with Crippen molar-refractivity contribution in [2.45, 2.75) is 0 Å². The molecule has 0 aromatic carbocycles. The molecule has 0 saturated heterocycles. The van der Waals surface area contributed by atoms with E-state index < -0.39 is 0 Å². The third kappa shape index (κ3) is 9.54. The molecule has 0 heterocycles. The third-order valence-corrected chi connectivity index (χ3v) is 0. The van der Waals surface area contributed by atoms with Crippen LogP contribution in [0.2, 0.25) is 0 Å². The van der Waals surface area contributed by atoms with Crippen molar-refractivity contribution < 1.29 is 32.7 Å². The van der Waals surface area contributed by atoms with Gasteiger partial charge in [-0.2, -0.15) is 0 Å². The molecule has 0 N–H and O–H groups in total. The zero-order valence-corrected chi connectivity index (χ0v) is 7.09. The first-order chi connectivity index (χ1) is 1.00. The van der Waals surface area contributed by atoms with Gasteiger partial charge < -0.3 is 23.4 Å². The van der Waals surface area contributed by atoms with E-state index in [9.17, 15) is 0 Å². The summed E-state index contributed by atoms with van der Waals surface area (Å²) < 4.78 is 0. The SMILES string of the molecule is [CH2-]Br.[CH3-].[Y]. The molecule has 0 saturated carbocycles. The Morgan fingerprint density at radius 2 is 1.25 bits per heavy atom. The predicted octanol–water partition coefficient (Wildman–Crippen LogP) is 1.62. The van der Waals surface area contributed by atoms with Gasteiger partial charge in [-0.05, 0) is 0 Å². The summed E-state index contributed by atoms with van der Waals surface area (Å²) in [6.07, 6.45) is 0. The summed E-state index contributed by atoms with van der Waals surface area (Å²) in [4.78, 5) is 0. The van der Waals surface area contributed by atoms with Crippen molar-refractivity contribution in [3.05, 3.63) is 13.3 Å². The van der Waals surface area contributed by atoms with Crippen LogP contribution >= 0.6 is 15.9 Å². The Morgan fingerprint density at radius 1 is 1.25 bits per heavy atom. The average molecular weight is 198 g/mol. The monoisotopic (exact) mass is 197 g/mol. The van der Waals surface area contributed by atoms with E-state index in [0.29, 0.717) is 0 Å². The van der Waals surface area contributed by atoms with Crippen LogP contribution in [0.4, 0.5) is 0 Å². The molecule has 0 fully saturated rings. The van der Waals surface area contributed by atoms with Gasteiger partial charge in [-0.1, -0.05) is 0 Å². The molecule has 0 aromatic heterocycles. The summed E-state index contributed by atoms with van der Waals surface area (Å²) >= 11 is 2.69. The third-order valence-electron chi connectivity index (χ3n) is 0. The maximum absolute atomic E-state index is 3.06. The van der Waals surface area contributed by atoms with Crippen LogP contribution in [0.25, 0.3) is 0 Å². The Balaban J connectivity index is -0.00000000500. The zero-order chi connectivity index (χ0) is 2.00. The molecule has 0 aromatic rings. The molecule has 0 bridgehead atoms. The fraction of sp³-hybridized carbons (Fsp3) is 0. The second-order valence-corrected chi connectivity index (χ2v) is 0. The van der Waals surface area contributed by atoms with E-state index in [1.807, 2.05) is 0 Å². The largest absolute Gasteiger partial charge is 0.358 e. The van der Waals surface area contributed by atoms with Crippen LogP contribution in [0.15, 0.2) is 0 Å². The van der Waals surface area contributed by atoms with E-state index in [4.69, 9.17) is 0 Å². The van der Waals surface area contributed by atoms with Gasteiger partial charge >= 0.3 is 0 Å². The van der Waals surface area contributed by atoms with Gasteiger partial charge in [0.2, 0.25) is 0 Å². The fourth-order valence-corrected chi connectivity index (χ4v) is 0. The van der Waals surface area contributed by atoms with Crippen LogP contribution in [0, 0.1) is 13.3 Å². The topological polar surface area (TPSA) is 0 Å². The van der Waals surface area contributed by atoms with Gasteiger partial charge in [0.1, 0.15) is 0 Å². The van der Waals surface area contributed by atoms with Crippen LogP contribution in [-0.2, 0) is 32.7 Å². The first-order valence-electron chi connectivity index (χ1n) is 0.267. The Kier molecular flexibility index (Phi) is 103. The molecule has 0 aliphatic heterocycles. The minimum absolute atomic E-state index is 0. The van der Waals surface area contributed by atoms with Crippen LogP contribution in [-0.4, -0.2) is 0 Å². The average Bonchev–Trinajstić information content (AvgIpc) is 1.00. The molecular weight excluding hydrogens is 193 g/mol. The van der Waals surface area contributed by atoms with Gasteiger partial charge in [-0.25, -0.2) is 0 Å². The minimum atomic E-state index is 0. The van der Waals surface area contributed by atoms with Gasteiger partial charge in [0.05, 0.1) is 0 Å². The summed E-state index contributed by atoms with van der Waals surface area (Å²) in [5.41, 5.74) is 0. The molecule has 0 rings (SSSR count). The molecule has 1 radical (unpaired) electrons.